The maximum absolute atomic E-state index is 12.7. The molecule has 0 atom stereocenters. The number of hydrogen-bond acceptors (Lipinski definition) is 7. The van der Waals surface area contributed by atoms with Gasteiger partial charge in [0.25, 0.3) is 5.56 Å². The van der Waals surface area contributed by atoms with Gasteiger partial charge >= 0.3 is 0 Å². The molecule has 0 aliphatic heterocycles. The second-order valence-electron chi connectivity index (χ2n) is 5.79. The summed E-state index contributed by atoms with van der Waals surface area (Å²) in [6.45, 7) is 1.70. The second-order valence-corrected chi connectivity index (χ2v) is 7.73. The molecule has 0 aromatic carbocycles. The number of thiophene rings is 1. The molecule has 9 heteroatoms. The van der Waals surface area contributed by atoms with E-state index in [1.54, 1.807) is 11.3 Å². The van der Waals surface area contributed by atoms with Gasteiger partial charge in [-0.25, -0.2) is 9.67 Å². The molecule has 1 aliphatic rings. The van der Waals surface area contributed by atoms with Crippen LogP contribution in [-0.2, 0) is 24.2 Å². The van der Waals surface area contributed by atoms with Gasteiger partial charge in [-0.2, -0.15) is 0 Å². The molecule has 3 heterocycles. The van der Waals surface area contributed by atoms with Crippen LogP contribution in [0.25, 0.3) is 10.2 Å². The minimum absolute atomic E-state index is 0.162. The molecule has 24 heavy (non-hydrogen) atoms. The minimum Gasteiger partial charge on any atom is -0.300 e. The van der Waals surface area contributed by atoms with Gasteiger partial charge in [0.1, 0.15) is 6.54 Å². The Morgan fingerprint density at radius 1 is 1.38 bits per heavy atom. The fourth-order valence-electron chi connectivity index (χ4n) is 2.92. The molecule has 0 saturated carbocycles. The SMILES string of the molecule is Cc1csc(NC(=O)Cn2nnc3sc4c(c3c2=O)CCCC4)n1. The predicted molar refractivity (Wildman–Crippen MR) is 93.8 cm³/mol. The Morgan fingerprint density at radius 2 is 2.21 bits per heavy atom. The van der Waals surface area contributed by atoms with Crippen LogP contribution in [0.15, 0.2) is 10.2 Å². The number of anilines is 1. The van der Waals surface area contributed by atoms with E-state index in [1.807, 2.05) is 12.3 Å². The third kappa shape index (κ3) is 2.73. The number of thiazole rings is 1. The van der Waals surface area contributed by atoms with Crippen molar-refractivity contribution in [1.29, 1.82) is 0 Å². The average molecular weight is 361 g/mol. The molecule has 0 bridgehead atoms. The van der Waals surface area contributed by atoms with E-state index in [1.165, 1.54) is 16.2 Å². The van der Waals surface area contributed by atoms with Crippen molar-refractivity contribution >= 4 is 43.9 Å². The molecule has 0 spiro atoms. The number of fused-ring (bicyclic) bond motifs is 3. The van der Waals surface area contributed by atoms with E-state index in [0.29, 0.717) is 15.3 Å². The highest BCUT2D eigenvalue weighted by atomic mass is 32.1. The normalized spacial score (nSPS) is 13.9. The van der Waals surface area contributed by atoms with Crippen molar-refractivity contribution in [3.05, 3.63) is 31.9 Å². The number of aromatic nitrogens is 4. The Bertz CT molecular complexity index is 988. The Kier molecular flexibility index (Phi) is 3.89. The van der Waals surface area contributed by atoms with Crippen LogP contribution in [0, 0.1) is 6.92 Å². The second kappa shape index (κ2) is 6.06. The van der Waals surface area contributed by atoms with Crippen LogP contribution in [0.4, 0.5) is 5.13 Å². The van der Waals surface area contributed by atoms with Crippen LogP contribution >= 0.6 is 22.7 Å². The first-order valence-electron chi connectivity index (χ1n) is 7.72. The van der Waals surface area contributed by atoms with Crippen molar-refractivity contribution in [2.45, 2.75) is 39.2 Å². The van der Waals surface area contributed by atoms with Crippen molar-refractivity contribution in [3.8, 4) is 0 Å². The number of hydrogen-bond donors (Lipinski definition) is 1. The maximum Gasteiger partial charge on any atom is 0.279 e. The smallest absolute Gasteiger partial charge is 0.279 e. The number of rotatable bonds is 3. The molecule has 0 radical (unpaired) electrons. The third-order valence-corrected chi connectivity index (χ3v) is 6.05. The lowest BCUT2D eigenvalue weighted by molar-refractivity contribution is -0.117. The number of carbonyl (C=O) groups is 1. The third-order valence-electron chi connectivity index (χ3n) is 4.00. The number of nitrogens with zero attached hydrogens (tertiary/aromatic N) is 4. The van der Waals surface area contributed by atoms with Gasteiger partial charge in [0, 0.05) is 10.3 Å². The lowest BCUT2D eigenvalue weighted by Gasteiger charge is -2.10. The van der Waals surface area contributed by atoms with E-state index >= 15 is 0 Å². The van der Waals surface area contributed by atoms with Crippen LogP contribution < -0.4 is 10.9 Å². The van der Waals surface area contributed by atoms with Gasteiger partial charge in [-0.3, -0.25) is 9.59 Å². The zero-order chi connectivity index (χ0) is 16.7. The molecule has 0 unspecified atom stereocenters. The van der Waals surface area contributed by atoms with Gasteiger partial charge in [0.15, 0.2) is 9.96 Å². The minimum atomic E-state index is -0.329. The van der Waals surface area contributed by atoms with Crippen molar-refractivity contribution in [1.82, 2.24) is 20.0 Å². The van der Waals surface area contributed by atoms with Crippen LogP contribution in [-0.4, -0.2) is 25.9 Å². The van der Waals surface area contributed by atoms with Gasteiger partial charge in [-0.05, 0) is 38.2 Å². The molecule has 4 rings (SSSR count). The first-order chi connectivity index (χ1) is 11.6. The lowest BCUT2D eigenvalue weighted by Crippen LogP contribution is -2.30. The first kappa shape index (κ1) is 15.4. The Morgan fingerprint density at radius 3 is 3.00 bits per heavy atom. The van der Waals surface area contributed by atoms with Gasteiger partial charge in [-0.15, -0.1) is 27.8 Å². The van der Waals surface area contributed by atoms with E-state index in [9.17, 15) is 9.59 Å². The summed E-state index contributed by atoms with van der Waals surface area (Å²) in [4.78, 5) is 31.0. The van der Waals surface area contributed by atoms with E-state index < -0.39 is 0 Å². The van der Waals surface area contributed by atoms with Crippen molar-refractivity contribution in [2.75, 3.05) is 5.32 Å². The summed E-state index contributed by atoms with van der Waals surface area (Å²) in [5.41, 5.74) is 1.72. The molecule has 124 valence electrons. The van der Waals surface area contributed by atoms with Gasteiger partial charge in [-0.1, -0.05) is 5.21 Å². The fraction of sp³-hybridized carbons (Fsp3) is 0.400. The lowest BCUT2D eigenvalue weighted by atomic mass is 9.97. The quantitative estimate of drug-likeness (QED) is 0.772. The molecule has 1 N–H and O–H groups in total. The maximum atomic E-state index is 12.7. The molecule has 0 fully saturated rings. The van der Waals surface area contributed by atoms with Gasteiger partial charge in [0.05, 0.1) is 11.1 Å². The summed E-state index contributed by atoms with van der Waals surface area (Å²) in [6, 6.07) is 0. The Balaban J connectivity index is 1.63. The Hall–Kier alpha value is -2.13. The van der Waals surface area contributed by atoms with Crippen LogP contribution in [0.1, 0.15) is 29.0 Å². The monoisotopic (exact) mass is 361 g/mol. The number of nitrogens with one attached hydrogen (secondary N) is 1. The molecular formula is C15H15N5O2S2. The van der Waals surface area contributed by atoms with Crippen molar-refractivity contribution < 1.29 is 4.79 Å². The van der Waals surface area contributed by atoms with Crippen molar-refractivity contribution in [2.24, 2.45) is 0 Å². The molecule has 1 aliphatic carbocycles. The van der Waals surface area contributed by atoms with E-state index in [4.69, 9.17) is 0 Å². The van der Waals surface area contributed by atoms with Crippen molar-refractivity contribution in [3.63, 3.8) is 0 Å². The van der Waals surface area contributed by atoms with Crippen LogP contribution in [0.2, 0.25) is 0 Å². The highest BCUT2D eigenvalue weighted by Crippen LogP contribution is 2.33. The summed E-state index contributed by atoms with van der Waals surface area (Å²) >= 11 is 2.90. The predicted octanol–water partition coefficient (Wildman–Crippen LogP) is 2.14. The molecule has 1 amide bonds. The molecule has 3 aromatic heterocycles. The summed E-state index contributed by atoms with van der Waals surface area (Å²) in [7, 11) is 0. The standard InChI is InChI=1S/C15H15N5O2S2/c1-8-7-23-15(16-8)17-11(21)6-20-14(22)12-9-4-2-3-5-10(9)24-13(12)18-19-20/h7H,2-6H2,1H3,(H,16,17,21). The fourth-order valence-corrected chi connectivity index (χ4v) is 4.82. The Labute approximate surface area is 145 Å². The highest BCUT2D eigenvalue weighted by Gasteiger charge is 2.21. The molecule has 3 aromatic rings. The summed E-state index contributed by atoms with van der Waals surface area (Å²) < 4.78 is 1.14. The summed E-state index contributed by atoms with van der Waals surface area (Å²) in [6.07, 6.45) is 4.14. The van der Waals surface area contributed by atoms with Crippen LogP contribution in [0.3, 0.4) is 0 Å². The highest BCUT2D eigenvalue weighted by molar-refractivity contribution is 7.18. The number of aryl methyl sites for hydroxylation is 3. The zero-order valence-corrected chi connectivity index (χ0v) is 14.7. The molecule has 7 nitrogen and oxygen atoms in total. The van der Waals surface area contributed by atoms with Gasteiger partial charge < -0.3 is 5.32 Å². The largest absolute Gasteiger partial charge is 0.300 e. The van der Waals surface area contributed by atoms with Gasteiger partial charge in [0.2, 0.25) is 5.91 Å². The molecular weight excluding hydrogens is 346 g/mol. The van der Waals surface area contributed by atoms with E-state index in [2.05, 4.69) is 20.6 Å². The summed E-state index contributed by atoms with van der Waals surface area (Å²) in [5.74, 6) is -0.329. The first-order valence-corrected chi connectivity index (χ1v) is 9.41. The van der Waals surface area contributed by atoms with Crippen LogP contribution in [0.5, 0.6) is 0 Å². The average Bonchev–Trinajstić information content (AvgIpc) is 3.13. The molecule has 0 saturated heterocycles. The summed E-state index contributed by atoms with van der Waals surface area (Å²) in [5, 5.41) is 13.8. The van der Waals surface area contributed by atoms with E-state index in [0.717, 1.165) is 41.6 Å². The topological polar surface area (TPSA) is 89.8 Å². The number of carbonyl (C=O) groups excluding carboxylic acids is 1. The number of amides is 1. The zero-order valence-electron chi connectivity index (χ0n) is 13.0. The van der Waals surface area contributed by atoms with E-state index in [-0.39, 0.29) is 18.0 Å².